The van der Waals surface area contributed by atoms with Gasteiger partial charge in [-0.1, -0.05) is 24.7 Å². The highest BCUT2D eigenvalue weighted by molar-refractivity contribution is 6.73. The Hall–Kier alpha value is -0.935. The molecule has 2 rings (SSSR count). The van der Waals surface area contributed by atoms with E-state index < -0.39 is 12.4 Å². The first-order valence-electron chi connectivity index (χ1n) is 5.78. The number of halogens is 3. The van der Waals surface area contributed by atoms with Crippen LogP contribution in [-0.2, 0) is 6.54 Å². The van der Waals surface area contributed by atoms with Gasteiger partial charge in [-0.3, -0.25) is 4.68 Å². The van der Waals surface area contributed by atoms with Crippen molar-refractivity contribution < 1.29 is 12.9 Å². The van der Waals surface area contributed by atoms with E-state index in [2.05, 4.69) is 5.10 Å². The zero-order valence-electron chi connectivity index (χ0n) is 9.08. The van der Waals surface area contributed by atoms with Gasteiger partial charge in [-0.2, -0.15) is 5.10 Å². The van der Waals surface area contributed by atoms with Crippen molar-refractivity contribution in [3.05, 3.63) is 12.4 Å². The molecule has 0 amide bonds. The summed E-state index contributed by atoms with van der Waals surface area (Å²) >= 11 is 0. The summed E-state index contributed by atoms with van der Waals surface area (Å²) in [6.07, 6.45) is 7.95. The molecule has 0 atom stereocenters. The first kappa shape index (κ1) is 11.5. The molecule has 1 saturated carbocycles. The molecular formula is C10H15BF3N2-. The Morgan fingerprint density at radius 3 is 2.50 bits per heavy atom. The lowest BCUT2D eigenvalue weighted by molar-refractivity contribution is 0.308. The lowest BCUT2D eigenvalue weighted by atomic mass is 9.83. The highest BCUT2D eigenvalue weighted by Gasteiger charge is 2.27. The minimum atomic E-state index is -4.90. The second-order valence-corrected chi connectivity index (χ2v) is 4.57. The Kier molecular flexibility index (Phi) is 3.26. The van der Waals surface area contributed by atoms with Crippen LogP contribution in [0, 0.1) is 5.92 Å². The fraction of sp³-hybridized carbons (Fsp3) is 0.700. The van der Waals surface area contributed by atoms with Gasteiger partial charge in [0.25, 0.3) is 0 Å². The van der Waals surface area contributed by atoms with E-state index in [9.17, 15) is 12.9 Å². The van der Waals surface area contributed by atoms with E-state index in [-0.39, 0.29) is 0 Å². The second-order valence-electron chi connectivity index (χ2n) is 4.57. The number of nitrogens with zero attached hydrogens (tertiary/aromatic N) is 2. The molecule has 1 fully saturated rings. The normalized spacial score (nSPS) is 18.9. The van der Waals surface area contributed by atoms with Gasteiger partial charge in [0.1, 0.15) is 0 Å². The topological polar surface area (TPSA) is 17.8 Å². The molecule has 6 heteroatoms. The van der Waals surface area contributed by atoms with Gasteiger partial charge in [-0.05, 0) is 25.0 Å². The average molecular weight is 231 g/mol. The molecule has 0 radical (unpaired) electrons. The predicted octanol–water partition coefficient (Wildman–Crippen LogP) is 2.52. The van der Waals surface area contributed by atoms with Crippen molar-refractivity contribution in [1.29, 1.82) is 0 Å². The Bertz CT molecular complexity index is 342. The standard InChI is InChI=1S/C10H15BF3N2/c12-11(13,14)10-6-15-16(8-10)7-9-4-2-1-3-5-9/h6,8-9H,1-5,7H2/q-1. The van der Waals surface area contributed by atoms with E-state index in [1.807, 2.05) is 0 Å². The lowest BCUT2D eigenvalue weighted by Gasteiger charge is -2.21. The summed E-state index contributed by atoms with van der Waals surface area (Å²) in [5.41, 5.74) is -0.587. The van der Waals surface area contributed by atoms with Crippen molar-refractivity contribution in [3.63, 3.8) is 0 Å². The predicted molar refractivity (Wildman–Crippen MR) is 57.5 cm³/mol. The zero-order valence-corrected chi connectivity index (χ0v) is 9.08. The quantitative estimate of drug-likeness (QED) is 0.731. The van der Waals surface area contributed by atoms with E-state index in [1.165, 1.54) is 23.9 Å². The SMILES string of the molecule is F[B-](F)(F)c1cnn(CC2CCCCC2)c1. The van der Waals surface area contributed by atoms with Crippen molar-refractivity contribution in [2.75, 3.05) is 0 Å². The molecule has 2 nitrogen and oxygen atoms in total. The van der Waals surface area contributed by atoms with Crippen LogP contribution >= 0.6 is 0 Å². The van der Waals surface area contributed by atoms with Crippen molar-refractivity contribution in [2.45, 2.75) is 38.6 Å². The molecule has 0 saturated heterocycles. The average Bonchev–Trinajstić information content (AvgIpc) is 2.67. The first-order valence-corrected chi connectivity index (χ1v) is 5.78. The maximum absolute atomic E-state index is 12.4. The third-order valence-electron chi connectivity index (χ3n) is 3.20. The fourth-order valence-electron chi connectivity index (χ4n) is 2.28. The minimum Gasteiger partial charge on any atom is -0.445 e. The van der Waals surface area contributed by atoms with Gasteiger partial charge < -0.3 is 12.9 Å². The van der Waals surface area contributed by atoms with Gasteiger partial charge in [-0.25, -0.2) is 0 Å². The number of aromatic nitrogens is 2. The maximum Gasteiger partial charge on any atom is 0.512 e. The molecule has 1 aromatic rings. The van der Waals surface area contributed by atoms with Crippen LogP contribution in [0.5, 0.6) is 0 Å². The second kappa shape index (κ2) is 4.51. The summed E-state index contributed by atoms with van der Waals surface area (Å²) in [4.78, 5) is 0. The van der Waals surface area contributed by atoms with Gasteiger partial charge in [0.15, 0.2) is 0 Å². The highest BCUT2D eigenvalue weighted by atomic mass is 19.4. The summed E-state index contributed by atoms with van der Waals surface area (Å²) < 4.78 is 38.6. The summed E-state index contributed by atoms with van der Waals surface area (Å²) in [5, 5.41) is 3.79. The van der Waals surface area contributed by atoms with Crippen LogP contribution in [0.4, 0.5) is 12.9 Å². The molecule has 1 aliphatic rings. The summed E-state index contributed by atoms with van der Waals surface area (Å²) in [6, 6.07) is 0. The van der Waals surface area contributed by atoms with Crippen molar-refractivity contribution in [2.24, 2.45) is 5.92 Å². The summed E-state index contributed by atoms with van der Waals surface area (Å²) in [6.45, 7) is -4.27. The van der Waals surface area contributed by atoms with E-state index in [1.54, 1.807) is 0 Å². The van der Waals surface area contributed by atoms with E-state index in [4.69, 9.17) is 0 Å². The summed E-state index contributed by atoms with van der Waals surface area (Å²) in [7, 11) is 0. The Labute approximate surface area is 92.9 Å². The first-order chi connectivity index (χ1) is 7.55. The molecule has 0 unspecified atom stereocenters. The number of rotatable bonds is 3. The van der Waals surface area contributed by atoms with Crippen LogP contribution in [0.3, 0.4) is 0 Å². The van der Waals surface area contributed by atoms with E-state index >= 15 is 0 Å². The molecule has 0 aromatic carbocycles. The van der Waals surface area contributed by atoms with Crippen molar-refractivity contribution in [1.82, 2.24) is 9.78 Å². The molecule has 90 valence electrons. The van der Waals surface area contributed by atoms with Gasteiger partial charge in [-0.15, -0.1) is 0 Å². The Balaban J connectivity index is 1.97. The maximum atomic E-state index is 12.4. The fourth-order valence-corrected chi connectivity index (χ4v) is 2.28. The van der Waals surface area contributed by atoms with E-state index in [0.29, 0.717) is 12.5 Å². The Morgan fingerprint density at radius 2 is 1.94 bits per heavy atom. The summed E-state index contributed by atoms with van der Waals surface area (Å²) in [5.74, 6) is 0.502. The smallest absolute Gasteiger partial charge is 0.445 e. The third-order valence-corrected chi connectivity index (χ3v) is 3.20. The van der Waals surface area contributed by atoms with Crippen LogP contribution in [0.1, 0.15) is 32.1 Å². The molecule has 0 spiro atoms. The van der Waals surface area contributed by atoms with Gasteiger partial charge in [0, 0.05) is 12.7 Å². The van der Waals surface area contributed by atoms with Crippen LogP contribution in [0.15, 0.2) is 12.4 Å². The van der Waals surface area contributed by atoms with Crippen LogP contribution in [0.2, 0.25) is 0 Å². The molecule has 0 N–H and O–H groups in total. The molecule has 1 heterocycles. The van der Waals surface area contributed by atoms with Crippen LogP contribution in [-0.4, -0.2) is 16.8 Å². The molecule has 1 aromatic heterocycles. The lowest BCUT2D eigenvalue weighted by Crippen LogP contribution is -2.32. The van der Waals surface area contributed by atoms with Crippen molar-refractivity contribution >= 4 is 12.4 Å². The van der Waals surface area contributed by atoms with Gasteiger partial charge >= 0.3 is 6.98 Å². The largest absolute Gasteiger partial charge is 0.512 e. The Morgan fingerprint density at radius 1 is 1.25 bits per heavy atom. The molecule has 16 heavy (non-hydrogen) atoms. The van der Waals surface area contributed by atoms with Crippen LogP contribution < -0.4 is 5.46 Å². The number of hydrogen-bond acceptors (Lipinski definition) is 1. The van der Waals surface area contributed by atoms with Gasteiger partial charge in [0.2, 0.25) is 0 Å². The molecule has 0 aliphatic heterocycles. The van der Waals surface area contributed by atoms with Crippen molar-refractivity contribution in [3.8, 4) is 0 Å². The molecular weight excluding hydrogens is 216 g/mol. The number of hydrogen-bond donors (Lipinski definition) is 0. The molecule has 0 bridgehead atoms. The zero-order chi connectivity index (χ0) is 11.6. The highest BCUT2D eigenvalue weighted by Crippen LogP contribution is 2.24. The van der Waals surface area contributed by atoms with E-state index in [0.717, 1.165) is 25.2 Å². The minimum absolute atomic E-state index is 0.502. The molecule has 1 aliphatic carbocycles. The monoisotopic (exact) mass is 231 g/mol. The van der Waals surface area contributed by atoms with Crippen LogP contribution in [0.25, 0.3) is 0 Å². The third kappa shape index (κ3) is 2.80. The van der Waals surface area contributed by atoms with Gasteiger partial charge in [0.05, 0.1) is 0 Å².